The molecule has 0 radical (unpaired) electrons. The zero-order chi connectivity index (χ0) is 19.1. The van der Waals surface area contributed by atoms with Gasteiger partial charge in [-0.2, -0.15) is 0 Å². The predicted molar refractivity (Wildman–Crippen MR) is 101 cm³/mol. The van der Waals surface area contributed by atoms with Crippen LogP contribution in [0.25, 0.3) is 0 Å². The van der Waals surface area contributed by atoms with Crippen LogP contribution in [-0.2, 0) is 20.9 Å². The van der Waals surface area contributed by atoms with Crippen molar-refractivity contribution in [2.75, 3.05) is 6.54 Å². The summed E-state index contributed by atoms with van der Waals surface area (Å²) < 4.78 is 0. The number of hydrogen-bond acceptors (Lipinski definition) is 4. The zero-order valence-corrected chi connectivity index (χ0v) is 15.8. The third-order valence-electron chi connectivity index (χ3n) is 3.95. The van der Waals surface area contributed by atoms with Crippen LogP contribution >= 0.6 is 12.2 Å². The molecule has 1 saturated heterocycles. The number of hydrazine groups is 1. The molecule has 0 aliphatic carbocycles. The van der Waals surface area contributed by atoms with Gasteiger partial charge in [0.25, 0.3) is 0 Å². The molecule has 8 heteroatoms. The highest BCUT2D eigenvalue weighted by atomic mass is 32.1. The van der Waals surface area contributed by atoms with Gasteiger partial charge < -0.3 is 10.2 Å². The number of carbonyl (C=O) groups is 3. The van der Waals surface area contributed by atoms with Crippen LogP contribution in [0.15, 0.2) is 30.3 Å². The average molecular weight is 376 g/mol. The molecule has 3 N–H and O–H groups in total. The highest BCUT2D eigenvalue weighted by Gasteiger charge is 2.34. The van der Waals surface area contributed by atoms with Gasteiger partial charge in [-0.25, -0.2) is 0 Å². The molecule has 1 unspecified atom stereocenters. The molecular formula is C18H24N4O3S. The van der Waals surface area contributed by atoms with Crippen molar-refractivity contribution in [3.8, 4) is 0 Å². The molecule has 2 rings (SSSR count). The molecule has 1 aromatic carbocycles. The van der Waals surface area contributed by atoms with Gasteiger partial charge in [-0.15, -0.1) is 0 Å². The maximum Gasteiger partial charge on any atom is 0.243 e. The quantitative estimate of drug-likeness (QED) is 0.529. The van der Waals surface area contributed by atoms with E-state index in [1.165, 1.54) is 0 Å². The van der Waals surface area contributed by atoms with Crippen molar-refractivity contribution in [2.45, 2.75) is 33.2 Å². The SMILES string of the molecule is CC(C)CC(=O)NC(=S)NNC(=O)C1CC(=O)N(Cc2ccccc2)C1. The number of hydrogen-bond donors (Lipinski definition) is 3. The monoisotopic (exact) mass is 376 g/mol. The molecule has 1 atom stereocenters. The number of amides is 3. The van der Waals surface area contributed by atoms with Gasteiger partial charge in [0, 0.05) is 25.9 Å². The molecule has 26 heavy (non-hydrogen) atoms. The molecule has 1 heterocycles. The minimum atomic E-state index is -0.451. The summed E-state index contributed by atoms with van der Waals surface area (Å²) in [4.78, 5) is 37.6. The summed E-state index contributed by atoms with van der Waals surface area (Å²) in [5, 5.41) is 2.53. The molecule has 140 valence electrons. The lowest BCUT2D eigenvalue weighted by molar-refractivity contribution is -0.129. The minimum Gasteiger partial charge on any atom is -0.338 e. The first-order chi connectivity index (χ1) is 12.3. The lowest BCUT2D eigenvalue weighted by atomic mass is 10.1. The fourth-order valence-corrected chi connectivity index (χ4v) is 2.87. The number of thiocarbonyl (C=S) groups is 1. The van der Waals surface area contributed by atoms with Crippen molar-refractivity contribution < 1.29 is 14.4 Å². The number of likely N-dealkylation sites (tertiary alicyclic amines) is 1. The van der Waals surface area contributed by atoms with E-state index in [-0.39, 0.29) is 35.2 Å². The Labute approximate surface area is 158 Å². The normalized spacial score (nSPS) is 16.5. The van der Waals surface area contributed by atoms with Gasteiger partial charge in [0.1, 0.15) is 0 Å². The first-order valence-corrected chi connectivity index (χ1v) is 8.97. The summed E-state index contributed by atoms with van der Waals surface area (Å²) in [7, 11) is 0. The van der Waals surface area contributed by atoms with E-state index in [0.717, 1.165) is 5.56 Å². The Morgan fingerprint density at radius 2 is 1.92 bits per heavy atom. The Balaban J connectivity index is 1.77. The summed E-state index contributed by atoms with van der Waals surface area (Å²) in [6.45, 7) is 4.69. The van der Waals surface area contributed by atoms with E-state index in [2.05, 4.69) is 16.2 Å². The van der Waals surface area contributed by atoms with Crippen molar-refractivity contribution in [1.29, 1.82) is 0 Å². The lowest BCUT2D eigenvalue weighted by Crippen LogP contribution is -2.50. The summed E-state index contributed by atoms with van der Waals surface area (Å²) in [6, 6.07) is 9.64. The van der Waals surface area contributed by atoms with Crippen LogP contribution in [0.5, 0.6) is 0 Å². The van der Waals surface area contributed by atoms with E-state index < -0.39 is 5.92 Å². The van der Waals surface area contributed by atoms with Gasteiger partial charge in [0.05, 0.1) is 5.92 Å². The third kappa shape index (κ3) is 6.11. The Bertz CT molecular complexity index is 678. The molecule has 3 amide bonds. The van der Waals surface area contributed by atoms with Gasteiger partial charge in [-0.05, 0) is 23.7 Å². The molecule has 7 nitrogen and oxygen atoms in total. The fraction of sp³-hybridized carbons (Fsp3) is 0.444. The standard InChI is InChI=1S/C18H24N4O3S/c1-12(2)8-15(23)19-18(26)21-20-17(25)14-9-16(24)22(11-14)10-13-6-4-3-5-7-13/h3-7,12,14H,8-11H2,1-2H3,(H,20,25)(H2,19,21,23,26). The van der Waals surface area contributed by atoms with Crippen molar-refractivity contribution in [1.82, 2.24) is 21.1 Å². The molecule has 1 aliphatic rings. The van der Waals surface area contributed by atoms with E-state index in [1.807, 2.05) is 44.2 Å². The first kappa shape index (κ1) is 19.8. The number of carbonyl (C=O) groups excluding carboxylic acids is 3. The molecule has 0 bridgehead atoms. The average Bonchev–Trinajstić information content (AvgIpc) is 2.93. The van der Waals surface area contributed by atoms with Crippen LogP contribution in [0.3, 0.4) is 0 Å². The van der Waals surface area contributed by atoms with E-state index in [1.54, 1.807) is 4.90 Å². The second-order valence-electron chi connectivity index (χ2n) is 6.75. The summed E-state index contributed by atoms with van der Waals surface area (Å²) >= 11 is 4.97. The molecule has 0 aromatic heterocycles. The second-order valence-corrected chi connectivity index (χ2v) is 7.16. The Hall–Kier alpha value is -2.48. The van der Waals surface area contributed by atoms with E-state index in [4.69, 9.17) is 12.2 Å². The van der Waals surface area contributed by atoms with Gasteiger partial charge in [0.15, 0.2) is 5.11 Å². The number of rotatable bonds is 5. The van der Waals surface area contributed by atoms with Crippen LogP contribution < -0.4 is 16.2 Å². The maximum absolute atomic E-state index is 12.2. The van der Waals surface area contributed by atoms with Crippen molar-refractivity contribution in [2.24, 2.45) is 11.8 Å². The molecule has 1 aliphatic heterocycles. The lowest BCUT2D eigenvalue weighted by Gasteiger charge is -2.17. The highest BCUT2D eigenvalue weighted by molar-refractivity contribution is 7.80. The van der Waals surface area contributed by atoms with Crippen molar-refractivity contribution in [3.05, 3.63) is 35.9 Å². The zero-order valence-electron chi connectivity index (χ0n) is 15.0. The van der Waals surface area contributed by atoms with Gasteiger partial charge in [-0.1, -0.05) is 44.2 Å². The van der Waals surface area contributed by atoms with Gasteiger partial charge in [0.2, 0.25) is 17.7 Å². The molecule has 0 saturated carbocycles. The number of nitrogens with zero attached hydrogens (tertiary/aromatic N) is 1. The first-order valence-electron chi connectivity index (χ1n) is 8.56. The topological polar surface area (TPSA) is 90.5 Å². The van der Waals surface area contributed by atoms with Gasteiger partial charge >= 0.3 is 0 Å². The second kappa shape index (κ2) is 9.28. The predicted octanol–water partition coefficient (Wildman–Crippen LogP) is 1.10. The summed E-state index contributed by atoms with van der Waals surface area (Å²) in [5.74, 6) is -0.826. The van der Waals surface area contributed by atoms with Crippen molar-refractivity contribution >= 4 is 35.1 Å². The number of nitrogens with one attached hydrogen (secondary N) is 3. The minimum absolute atomic E-state index is 0.0365. The van der Waals surface area contributed by atoms with E-state index in [0.29, 0.717) is 19.5 Å². The molecule has 1 aromatic rings. The maximum atomic E-state index is 12.2. The molecule has 0 spiro atoms. The van der Waals surface area contributed by atoms with Crippen LogP contribution in [0.4, 0.5) is 0 Å². The van der Waals surface area contributed by atoms with Crippen LogP contribution in [0.1, 0.15) is 32.3 Å². The Morgan fingerprint density at radius 1 is 1.23 bits per heavy atom. The number of benzene rings is 1. The van der Waals surface area contributed by atoms with Crippen LogP contribution in [0.2, 0.25) is 0 Å². The van der Waals surface area contributed by atoms with Crippen LogP contribution in [-0.4, -0.2) is 34.3 Å². The molecule has 1 fully saturated rings. The van der Waals surface area contributed by atoms with E-state index >= 15 is 0 Å². The Kier molecular flexibility index (Phi) is 7.08. The van der Waals surface area contributed by atoms with Crippen molar-refractivity contribution in [3.63, 3.8) is 0 Å². The fourth-order valence-electron chi connectivity index (χ4n) is 2.70. The highest BCUT2D eigenvalue weighted by Crippen LogP contribution is 2.20. The van der Waals surface area contributed by atoms with E-state index in [9.17, 15) is 14.4 Å². The van der Waals surface area contributed by atoms with Crippen LogP contribution in [0, 0.1) is 11.8 Å². The summed E-state index contributed by atoms with van der Waals surface area (Å²) in [6.07, 6.45) is 0.508. The molecular weight excluding hydrogens is 352 g/mol. The summed E-state index contributed by atoms with van der Waals surface area (Å²) in [5.41, 5.74) is 6.00. The van der Waals surface area contributed by atoms with Gasteiger partial charge in [-0.3, -0.25) is 25.2 Å². The largest absolute Gasteiger partial charge is 0.338 e. The smallest absolute Gasteiger partial charge is 0.243 e. The Morgan fingerprint density at radius 3 is 2.58 bits per heavy atom. The third-order valence-corrected chi connectivity index (χ3v) is 4.15.